The van der Waals surface area contributed by atoms with Crippen molar-refractivity contribution in [3.63, 3.8) is 0 Å². The van der Waals surface area contributed by atoms with Crippen molar-refractivity contribution in [3.05, 3.63) is 23.8 Å². The second-order valence-electron chi connectivity index (χ2n) is 10.2. The van der Waals surface area contributed by atoms with Crippen LogP contribution in [0, 0.1) is 23.7 Å². The van der Waals surface area contributed by atoms with Crippen molar-refractivity contribution >= 4 is 23.9 Å². The lowest BCUT2D eigenvalue weighted by molar-refractivity contribution is -0.144. The Balaban J connectivity index is 3.08. The van der Waals surface area contributed by atoms with Crippen molar-refractivity contribution in [1.29, 1.82) is 0 Å². The third-order valence-electron chi connectivity index (χ3n) is 6.59. The van der Waals surface area contributed by atoms with Gasteiger partial charge in [-0.2, -0.15) is 0 Å². The third-order valence-corrected chi connectivity index (χ3v) is 6.59. The SMILES string of the molecule is CCCCC(=O)OCCN[C@@H](Cc1ccc(OC(=O)C(C)C(C)C)c(OC(=O)C(C)C(C)C)c1)C(=O)OC. The average molecular weight is 536 g/mol. The molecular formula is C29H45NO8. The van der Waals surface area contributed by atoms with Gasteiger partial charge in [0.1, 0.15) is 12.6 Å². The van der Waals surface area contributed by atoms with Gasteiger partial charge in [-0.3, -0.25) is 19.2 Å². The second kappa shape index (κ2) is 16.8. The van der Waals surface area contributed by atoms with E-state index < -0.39 is 23.9 Å². The lowest BCUT2D eigenvalue weighted by Crippen LogP contribution is -2.41. The van der Waals surface area contributed by atoms with Crippen molar-refractivity contribution in [2.24, 2.45) is 23.7 Å². The molecule has 1 aromatic carbocycles. The third kappa shape index (κ3) is 11.2. The molecular weight excluding hydrogens is 490 g/mol. The van der Waals surface area contributed by atoms with Gasteiger partial charge >= 0.3 is 23.9 Å². The summed E-state index contributed by atoms with van der Waals surface area (Å²) in [4.78, 5) is 49.5. The van der Waals surface area contributed by atoms with Gasteiger partial charge in [-0.25, -0.2) is 0 Å². The first-order valence-corrected chi connectivity index (χ1v) is 13.4. The van der Waals surface area contributed by atoms with Crippen molar-refractivity contribution in [1.82, 2.24) is 5.32 Å². The van der Waals surface area contributed by atoms with E-state index in [9.17, 15) is 19.2 Å². The van der Waals surface area contributed by atoms with E-state index in [0.717, 1.165) is 12.8 Å². The predicted octanol–water partition coefficient (Wildman–Crippen LogP) is 4.49. The molecule has 1 rings (SSSR count). The Hall–Kier alpha value is -2.94. The number of carbonyl (C=O) groups excluding carboxylic acids is 4. The number of nitrogens with one attached hydrogen (secondary N) is 1. The molecule has 0 spiro atoms. The van der Waals surface area contributed by atoms with E-state index >= 15 is 0 Å². The van der Waals surface area contributed by atoms with Gasteiger partial charge in [0.05, 0.1) is 18.9 Å². The van der Waals surface area contributed by atoms with Crippen LogP contribution in [0.15, 0.2) is 18.2 Å². The fourth-order valence-corrected chi connectivity index (χ4v) is 3.20. The van der Waals surface area contributed by atoms with Gasteiger partial charge in [-0.05, 0) is 42.4 Å². The number of benzene rings is 1. The Morgan fingerprint density at radius 3 is 1.95 bits per heavy atom. The topological polar surface area (TPSA) is 117 Å². The molecule has 0 aliphatic rings. The fraction of sp³-hybridized carbons (Fsp3) is 0.655. The summed E-state index contributed by atoms with van der Waals surface area (Å²) in [6.07, 6.45) is 2.24. The second-order valence-corrected chi connectivity index (χ2v) is 10.2. The van der Waals surface area contributed by atoms with Gasteiger partial charge in [0.2, 0.25) is 0 Å². The smallest absolute Gasteiger partial charge is 0.323 e. The zero-order chi connectivity index (χ0) is 28.8. The Morgan fingerprint density at radius 2 is 1.42 bits per heavy atom. The van der Waals surface area contributed by atoms with Crippen molar-refractivity contribution in [3.8, 4) is 11.5 Å². The summed E-state index contributed by atoms with van der Waals surface area (Å²) in [5.74, 6) is -1.98. The minimum atomic E-state index is -0.734. The average Bonchev–Trinajstić information content (AvgIpc) is 2.88. The Kier molecular flexibility index (Phi) is 14.6. The van der Waals surface area contributed by atoms with Gasteiger partial charge in [0.25, 0.3) is 0 Å². The number of methoxy groups -OCH3 is 1. The van der Waals surface area contributed by atoms with Crippen LogP contribution >= 0.6 is 0 Å². The maximum absolute atomic E-state index is 12.7. The molecule has 1 aromatic rings. The molecule has 0 fully saturated rings. The summed E-state index contributed by atoms with van der Waals surface area (Å²) >= 11 is 0. The van der Waals surface area contributed by atoms with Crippen LogP contribution in [0.25, 0.3) is 0 Å². The predicted molar refractivity (Wildman–Crippen MR) is 144 cm³/mol. The molecule has 1 N–H and O–H groups in total. The molecule has 0 saturated heterocycles. The minimum absolute atomic E-state index is 0.0571. The molecule has 214 valence electrons. The van der Waals surface area contributed by atoms with Crippen LogP contribution in [-0.4, -0.2) is 50.2 Å². The Labute approximate surface area is 226 Å². The van der Waals surface area contributed by atoms with Crippen molar-refractivity contribution in [2.45, 2.75) is 80.2 Å². The lowest BCUT2D eigenvalue weighted by atomic mass is 9.98. The summed E-state index contributed by atoms with van der Waals surface area (Å²) in [6, 6.07) is 4.12. The maximum Gasteiger partial charge on any atom is 0.323 e. The number of rotatable bonds is 16. The van der Waals surface area contributed by atoms with Crippen LogP contribution in [0.5, 0.6) is 11.5 Å². The lowest BCUT2D eigenvalue weighted by Gasteiger charge is -2.20. The highest BCUT2D eigenvalue weighted by atomic mass is 16.6. The molecule has 0 aromatic heterocycles. The number of unbranched alkanes of at least 4 members (excludes halogenated alkanes) is 1. The number of hydrogen-bond donors (Lipinski definition) is 1. The molecule has 9 nitrogen and oxygen atoms in total. The van der Waals surface area contributed by atoms with Crippen LogP contribution in [0.2, 0.25) is 0 Å². The molecule has 0 radical (unpaired) electrons. The molecule has 0 amide bonds. The first-order valence-electron chi connectivity index (χ1n) is 13.4. The zero-order valence-electron chi connectivity index (χ0n) is 24.1. The first-order chi connectivity index (χ1) is 17.9. The molecule has 0 heterocycles. The van der Waals surface area contributed by atoms with Crippen LogP contribution in [-0.2, 0) is 35.1 Å². The van der Waals surface area contributed by atoms with E-state index in [-0.39, 0.29) is 60.7 Å². The normalized spacial score (nSPS) is 13.5. The van der Waals surface area contributed by atoms with Gasteiger partial charge in [0, 0.05) is 13.0 Å². The molecule has 0 bridgehead atoms. The van der Waals surface area contributed by atoms with E-state index in [0.29, 0.717) is 12.0 Å². The van der Waals surface area contributed by atoms with Crippen LogP contribution in [0.4, 0.5) is 0 Å². The van der Waals surface area contributed by atoms with Gasteiger partial charge in [0.15, 0.2) is 11.5 Å². The standard InChI is InChI=1S/C29H45NO8/c1-9-10-11-26(31)36-15-14-30-23(29(34)35-8)16-22-12-13-24(37-27(32)20(6)18(2)3)25(17-22)38-28(33)21(7)19(4)5/h12-13,17-21,23,30H,9-11,14-16H2,1-8H3/t20?,21?,23-/m0/s1. The highest BCUT2D eigenvalue weighted by Crippen LogP contribution is 2.31. The van der Waals surface area contributed by atoms with E-state index in [2.05, 4.69) is 5.32 Å². The molecule has 0 aliphatic heterocycles. The molecule has 0 aliphatic carbocycles. The number of ether oxygens (including phenoxy) is 4. The van der Waals surface area contributed by atoms with E-state index in [1.54, 1.807) is 32.0 Å². The number of esters is 4. The summed E-state index contributed by atoms with van der Waals surface area (Å²) in [6.45, 7) is 13.6. The fourth-order valence-electron chi connectivity index (χ4n) is 3.20. The van der Waals surface area contributed by atoms with Crippen LogP contribution < -0.4 is 14.8 Å². The minimum Gasteiger partial charge on any atom is -0.468 e. The molecule has 3 atom stereocenters. The Morgan fingerprint density at radius 1 is 0.842 bits per heavy atom. The largest absolute Gasteiger partial charge is 0.468 e. The van der Waals surface area contributed by atoms with Crippen molar-refractivity contribution < 1.29 is 38.1 Å². The number of carbonyl (C=O) groups is 4. The summed E-state index contributed by atoms with van der Waals surface area (Å²) in [5.41, 5.74) is 0.657. The monoisotopic (exact) mass is 535 g/mol. The van der Waals surface area contributed by atoms with Crippen LogP contribution in [0.1, 0.15) is 73.3 Å². The Bertz CT molecular complexity index is 927. The van der Waals surface area contributed by atoms with E-state index in [1.807, 2.05) is 34.6 Å². The first kappa shape index (κ1) is 33.1. The highest BCUT2D eigenvalue weighted by Gasteiger charge is 2.25. The number of hydrogen-bond acceptors (Lipinski definition) is 9. The zero-order valence-corrected chi connectivity index (χ0v) is 24.1. The molecule has 9 heteroatoms. The molecule has 0 saturated carbocycles. The maximum atomic E-state index is 12.7. The van der Waals surface area contributed by atoms with Gasteiger partial charge < -0.3 is 24.3 Å². The van der Waals surface area contributed by atoms with Gasteiger partial charge in [-0.1, -0.05) is 61.0 Å². The van der Waals surface area contributed by atoms with Crippen LogP contribution in [0.3, 0.4) is 0 Å². The van der Waals surface area contributed by atoms with Crippen molar-refractivity contribution in [2.75, 3.05) is 20.3 Å². The quantitative estimate of drug-likeness (QED) is 0.186. The van der Waals surface area contributed by atoms with E-state index in [4.69, 9.17) is 18.9 Å². The summed E-state index contributed by atoms with van der Waals surface area (Å²) < 4.78 is 21.4. The molecule has 38 heavy (non-hydrogen) atoms. The summed E-state index contributed by atoms with van der Waals surface area (Å²) in [7, 11) is 1.29. The summed E-state index contributed by atoms with van der Waals surface area (Å²) in [5, 5.41) is 3.05. The molecule has 2 unspecified atom stereocenters. The van der Waals surface area contributed by atoms with Gasteiger partial charge in [-0.15, -0.1) is 0 Å². The van der Waals surface area contributed by atoms with E-state index in [1.165, 1.54) is 7.11 Å². The highest BCUT2D eigenvalue weighted by molar-refractivity contribution is 5.79.